The fraction of sp³-hybridized carbons (Fsp3) is 0.0500. The number of hydrogen-bond donors (Lipinski definition) is 4. The van der Waals surface area contributed by atoms with Gasteiger partial charge in [0.15, 0.2) is 0 Å². The highest BCUT2D eigenvalue weighted by molar-refractivity contribution is 6.04. The van der Waals surface area contributed by atoms with Crippen molar-refractivity contribution in [2.45, 2.75) is 6.54 Å². The van der Waals surface area contributed by atoms with Gasteiger partial charge in [0.25, 0.3) is 0 Å². The Morgan fingerprint density at radius 1 is 1.15 bits per heavy atom. The third-order valence-electron chi connectivity index (χ3n) is 4.19. The molecule has 0 amide bonds. The first kappa shape index (κ1) is 16.6. The van der Waals surface area contributed by atoms with Crippen LogP contribution >= 0.6 is 0 Å². The Morgan fingerprint density at radius 3 is 2.96 bits per heavy atom. The molecule has 7 heteroatoms. The van der Waals surface area contributed by atoms with Gasteiger partial charge in [-0.15, -0.1) is 0 Å². The molecule has 5 N–H and O–H groups in total. The molecular weight excluding hydrogens is 338 g/mol. The standard InChI is InChI=1S/C20H19N7/c1-22-7-6-20(25-16-4-5-17-15(9-16)12-24-27-17)23-11-13-2-3-14-10-19(21)26-18(14)8-13/h2-10,12,26H,1,11,21H2,(H,23,25)(H,24,27)/b7-6-. The smallest absolute Gasteiger partial charge is 0.127 e. The number of amidine groups is 1. The second kappa shape index (κ2) is 7.17. The van der Waals surface area contributed by atoms with Crippen LogP contribution in [0.1, 0.15) is 5.56 Å². The summed E-state index contributed by atoms with van der Waals surface area (Å²) in [5.74, 6) is 1.35. The minimum atomic E-state index is 0.520. The van der Waals surface area contributed by atoms with Crippen LogP contribution in [0.25, 0.3) is 21.8 Å². The summed E-state index contributed by atoms with van der Waals surface area (Å²) in [6.07, 6.45) is 5.19. The highest BCUT2D eigenvalue weighted by atomic mass is 15.1. The van der Waals surface area contributed by atoms with Gasteiger partial charge in [0.05, 0.1) is 18.3 Å². The zero-order valence-corrected chi connectivity index (χ0v) is 14.6. The van der Waals surface area contributed by atoms with Gasteiger partial charge in [0.1, 0.15) is 11.7 Å². The fourth-order valence-electron chi connectivity index (χ4n) is 2.90. The molecule has 2 heterocycles. The van der Waals surface area contributed by atoms with Crippen molar-refractivity contribution in [1.82, 2.24) is 15.2 Å². The number of H-pyrrole nitrogens is 2. The Bertz CT molecular complexity index is 1160. The lowest BCUT2D eigenvalue weighted by atomic mass is 10.1. The molecule has 134 valence electrons. The molecule has 0 bridgehead atoms. The van der Waals surface area contributed by atoms with Gasteiger partial charge in [-0.2, -0.15) is 5.10 Å². The summed E-state index contributed by atoms with van der Waals surface area (Å²) in [5, 5.41) is 12.4. The van der Waals surface area contributed by atoms with Crippen LogP contribution in [0.2, 0.25) is 0 Å². The summed E-state index contributed by atoms with van der Waals surface area (Å²) >= 11 is 0. The summed E-state index contributed by atoms with van der Waals surface area (Å²) in [6.45, 7) is 4.00. The van der Waals surface area contributed by atoms with E-state index >= 15 is 0 Å². The number of hydrogen-bond acceptors (Lipinski definition) is 4. The van der Waals surface area contributed by atoms with E-state index in [2.05, 4.69) is 43.3 Å². The summed E-state index contributed by atoms with van der Waals surface area (Å²) in [4.78, 5) is 11.6. The van der Waals surface area contributed by atoms with Crippen molar-refractivity contribution in [3.8, 4) is 0 Å². The Balaban J connectivity index is 1.57. The molecule has 0 aliphatic carbocycles. The van der Waals surface area contributed by atoms with Gasteiger partial charge in [-0.1, -0.05) is 12.1 Å². The number of aromatic amines is 2. The molecule has 4 aromatic rings. The van der Waals surface area contributed by atoms with Gasteiger partial charge in [-0.25, -0.2) is 0 Å². The Morgan fingerprint density at radius 2 is 2.07 bits per heavy atom. The summed E-state index contributed by atoms with van der Waals surface area (Å²) < 4.78 is 0. The lowest BCUT2D eigenvalue weighted by molar-refractivity contribution is 1.07. The van der Waals surface area contributed by atoms with Crippen molar-refractivity contribution in [3.05, 3.63) is 66.5 Å². The van der Waals surface area contributed by atoms with E-state index in [1.54, 1.807) is 18.5 Å². The van der Waals surface area contributed by atoms with Crippen LogP contribution in [-0.2, 0) is 6.54 Å². The van der Waals surface area contributed by atoms with E-state index < -0.39 is 0 Å². The molecule has 0 saturated heterocycles. The first-order chi connectivity index (χ1) is 13.2. The number of anilines is 2. The SMILES string of the molecule is C=N/C=C\C(=N/Cc1ccc2cc(N)[nH]c2c1)Nc1ccc2[nH]ncc2c1. The molecule has 4 rings (SSSR count). The first-order valence-electron chi connectivity index (χ1n) is 8.45. The van der Waals surface area contributed by atoms with E-state index in [1.165, 1.54) is 0 Å². The van der Waals surface area contributed by atoms with Gasteiger partial charge in [0.2, 0.25) is 0 Å². The molecule has 0 spiro atoms. The molecule has 0 atom stereocenters. The van der Waals surface area contributed by atoms with Crippen molar-refractivity contribution in [2.24, 2.45) is 9.98 Å². The number of nitrogens with zero attached hydrogens (tertiary/aromatic N) is 3. The second-order valence-corrected chi connectivity index (χ2v) is 6.14. The molecular formula is C20H19N7. The quantitative estimate of drug-likeness (QED) is 0.322. The van der Waals surface area contributed by atoms with Crippen LogP contribution in [0.5, 0.6) is 0 Å². The van der Waals surface area contributed by atoms with Crippen molar-refractivity contribution in [2.75, 3.05) is 11.1 Å². The molecule has 7 nitrogen and oxygen atoms in total. The van der Waals surface area contributed by atoms with Crippen molar-refractivity contribution in [3.63, 3.8) is 0 Å². The van der Waals surface area contributed by atoms with E-state index in [0.717, 1.165) is 33.1 Å². The molecule has 0 unspecified atom stereocenters. The minimum absolute atomic E-state index is 0.520. The van der Waals surface area contributed by atoms with Crippen molar-refractivity contribution in [1.29, 1.82) is 0 Å². The predicted molar refractivity (Wildman–Crippen MR) is 112 cm³/mol. The molecule has 0 aliphatic rings. The highest BCUT2D eigenvalue weighted by Crippen LogP contribution is 2.19. The van der Waals surface area contributed by atoms with E-state index in [4.69, 9.17) is 5.73 Å². The maximum Gasteiger partial charge on any atom is 0.127 e. The molecule has 2 aromatic heterocycles. The monoisotopic (exact) mass is 357 g/mol. The summed E-state index contributed by atoms with van der Waals surface area (Å²) in [6, 6.07) is 14.0. The number of nitrogens with two attached hydrogens (primary N) is 1. The molecule has 2 aromatic carbocycles. The zero-order chi connectivity index (χ0) is 18.6. The number of fused-ring (bicyclic) bond motifs is 2. The van der Waals surface area contributed by atoms with E-state index in [-0.39, 0.29) is 0 Å². The van der Waals surface area contributed by atoms with Gasteiger partial charge < -0.3 is 16.0 Å². The maximum atomic E-state index is 5.81. The lowest BCUT2D eigenvalue weighted by Gasteiger charge is -2.07. The average molecular weight is 357 g/mol. The molecule has 27 heavy (non-hydrogen) atoms. The van der Waals surface area contributed by atoms with Crippen LogP contribution in [0.15, 0.2) is 70.9 Å². The van der Waals surface area contributed by atoms with E-state index in [0.29, 0.717) is 18.2 Å². The number of rotatable bonds is 5. The topological polar surface area (TPSA) is 107 Å². The van der Waals surface area contributed by atoms with Crippen LogP contribution in [-0.4, -0.2) is 27.7 Å². The highest BCUT2D eigenvalue weighted by Gasteiger charge is 2.02. The number of aromatic nitrogens is 3. The summed E-state index contributed by atoms with van der Waals surface area (Å²) in [7, 11) is 0. The molecule has 0 saturated carbocycles. The Labute approximate surface area is 155 Å². The van der Waals surface area contributed by atoms with Crippen LogP contribution < -0.4 is 11.1 Å². The number of nitrogen functional groups attached to an aromatic ring is 1. The zero-order valence-electron chi connectivity index (χ0n) is 14.6. The van der Waals surface area contributed by atoms with Crippen LogP contribution in [0.4, 0.5) is 11.5 Å². The second-order valence-electron chi connectivity index (χ2n) is 6.14. The normalized spacial score (nSPS) is 12.2. The van der Waals surface area contributed by atoms with Gasteiger partial charge in [-0.3, -0.25) is 15.1 Å². The Kier molecular flexibility index (Phi) is 4.40. The number of benzene rings is 2. The van der Waals surface area contributed by atoms with Crippen LogP contribution in [0, 0.1) is 0 Å². The van der Waals surface area contributed by atoms with E-state index in [9.17, 15) is 0 Å². The minimum Gasteiger partial charge on any atom is -0.385 e. The third kappa shape index (κ3) is 3.72. The van der Waals surface area contributed by atoms with E-state index in [1.807, 2.05) is 36.4 Å². The first-order valence-corrected chi connectivity index (χ1v) is 8.45. The molecule has 0 fully saturated rings. The van der Waals surface area contributed by atoms with Crippen molar-refractivity contribution < 1.29 is 0 Å². The fourth-order valence-corrected chi connectivity index (χ4v) is 2.90. The summed E-state index contributed by atoms with van der Waals surface area (Å²) in [5.41, 5.74) is 9.80. The third-order valence-corrected chi connectivity index (χ3v) is 4.19. The number of aliphatic imine (C=N–C) groups is 2. The van der Waals surface area contributed by atoms with Gasteiger partial charge in [-0.05, 0) is 48.7 Å². The average Bonchev–Trinajstić information content (AvgIpc) is 3.28. The predicted octanol–water partition coefficient (Wildman–Crippen LogP) is 3.85. The largest absolute Gasteiger partial charge is 0.385 e. The molecule has 0 radical (unpaired) electrons. The lowest BCUT2D eigenvalue weighted by Crippen LogP contribution is -2.09. The van der Waals surface area contributed by atoms with Gasteiger partial charge >= 0.3 is 0 Å². The number of nitrogens with one attached hydrogen (secondary N) is 3. The molecule has 0 aliphatic heterocycles. The van der Waals surface area contributed by atoms with Gasteiger partial charge in [0, 0.05) is 28.2 Å². The van der Waals surface area contributed by atoms with Crippen molar-refractivity contribution >= 4 is 45.9 Å². The van der Waals surface area contributed by atoms with Crippen LogP contribution in [0.3, 0.4) is 0 Å². The maximum absolute atomic E-state index is 5.81. The Hall–Kier alpha value is -3.87.